The fourth-order valence-electron chi connectivity index (χ4n) is 2.83. The Morgan fingerprint density at radius 2 is 2.00 bits per heavy atom. The molecule has 1 unspecified atom stereocenters. The normalized spacial score (nSPS) is 16.9. The lowest BCUT2D eigenvalue weighted by molar-refractivity contribution is -0.123. The molecule has 1 saturated heterocycles. The van der Waals surface area contributed by atoms with Gasteiger partial charge < -0.3 is 20.9 Å². The molecule has 1 atom stereocenters. The number of benzene rings is 1. The Hall–Kier alpha value is -1.03. The van der Waals surface area contributed by atoms with Crippen LogP contribution in [0.1, 0.15) is 27.2 Å². The van der Waals surface area contributed by atoms with E-state index in [0.717, 1.165) is 36.5 Å². The Morgan fingerprint density at radius 3 is 2.63 bits per heavy atom. The molecule has 1 amide bonds. The van der Waals surface area contributed by atoms with Crippen molar-refractivity contribution in [3.8, 4) is 0 Å². The zero-order valence-corrected chi connectivity index (χ0v) is 20.2. The Kier molecular flexibility index (Phi) is 11.1. The molecular formula is C19H31BrIN5O. The highest BCUT2D eigenvalue weighted by Crippen LogP contribution is 2.22. The largest absolute Gasteiger partial charge is 0.369 e. The average Bonchev–Trinajstić information content (AvgIpc) is 3.07. The van der Waals surface area contributed by atoms with Gasteiger partial charge in [-0.2, -0.15) is 0 Å². The van der Waals surface area contributed by atoms with Gasteiger partial charge in [0.25, 0.3) is 0 Å². The van der Waals surface area contributed by atoms with Crippen LogP contribution in [0.25, 0.3) is 0 Å². The highest BCUT2D eigenvalue weighted by molar-refractivity contribution is 14.0. The van der Waals surface area contributed by atoms with Gasteiger partial charge in [0.15, 0.2) is 5.96 Å². The van der Waals surface area contributed by atoms with Crippen LogP contribution in [0.3, 0.4) is 0 Å². The maximum atomic E-state index is 11.6. The van der Waals surface area contributed by atoms with Crippen LogP contribution in [0.2, 0.25) is 0 Å². The van der Waals surface area contributed by atoms with E-state index in [-0.39, 0.29) is 35.8 Å². The number of hydrogen-bond acceptors (Lipinski definition) is 3. The molecule has 0 radical (unpaired) electrons. The number of nitrogens with zero attached hydrogens (tertiary/aromatic N) is 2. The molecule has 1 aliphatic rings. The van der Waals surface area contributed by atoms with Crippen molar-refractivity contribution in [2.24, 2.45) is 10.9 Å². The summed E-state index contributed by atoms with van der Waals surface area (Å²) in [4.78, 5) is 18.5. The lowest BCUT2D eigenvalue weighted by Gasteiger charge is -2.20. The van der Waals surface area contributed by atoms with E-state index in [1.165, 1.54) is 5.69 Å². The summed E-state index contributed by atoms with van der Waals surface area (Å²) < 4.78 is 1.10. The van der Waals surface area contributed by atoms with Gasteiger partial charge in [-0.25, -0.2) is 0 Å². The smallest absolute Gasteiger partial charge is 0.222 e. The predicted octanol–water partition coefficient (Wildman–Crippen LogP) is 2.97. The van der Waals surface area contributed by atoms with Crippen molar-refractivity contribution in [3.05, 3.63) is 28.7 Å². The number of carbonyl (C=O) groups is 1. The van der Waals surface area contributed by atoms with Crippen LogP contribution in [-0.2, 0) is 4.79 Å². The topological polar surface area (TPSA) is 68.8 Å². The highest BCUT2D eigenvalue weighted by atomic mass is 127. The first kappa shape index (κ1) is 24.0. The lowest BCUT2D eigenvalue weighted by Crippen LogP contribution is -2.45. The van der Waals surface area contributed by atoms with Crippen LogP contribution in [0.15, 0.2) is 33.7 Å². The molecule has 8 heteroatoms. The van der Waals surface area contributed by atoms with Crippen LogP contribution in [0.5, 0.6) is 0 Å². The summed E-state index contributed by atoms with van der Waals surface area (Å²) in [5, 5.41) is 9.69. The number of halogens is 2. The second-order valence-electron chi connectivity index (χ2n) is 6.76. The average molecular weight is 552 g/mol. The number of hydrogen-bond donors (Lipinski definition) is 3. The molecule has 1 aromatic rings. The van der Waals surface area contributed by atoms with Gasteiger partial charge in [-0.1, -0.05) is 29.8 Å². The van der Waals surface area contributed by atoms with E-state index in [1.54, 1.807) is 0 Å². The van der Waals surface area contributed by atoms with Crippen molar-refractivity contribution in [1.82, 2.24) is 16.0 Å². The SMILES string of the molecule is CCNC(=NCCNC(=O)C(C)C)NC1CCN(c2ccc(Br)cc2)C1.I. The first-order valence-electron chi connectivity index (χ1n) is 9.32. The van der Waals surface area contributed by atoms with E-state index >= 15 is 0 Å². The first-order chi connectivity index (χ1) is 12.5. The Labute approximate surface area is 188 Å². The second-order valence-corrected chi connectivity index (χ2v) is 7.67. The summed E-state index contributed by atoms with van der Waals surface area (Å²) >= 11 is 3.48. The maximum absolute atomic E-state index is 11.6. The molecule has 1 heterocycles. The van der Waals surface area contributed by atoms with Crippen molar-refractivity contribution in [2.75, 3.05) is 37.6 Å². The van der Waals surface area contributed by atoms with Gasteiger partial charge in [-0.05, 0) is 37.6 Å². The van der Waals surface area contributed by atoms with Crippen molar-refractivity contribution in [2.45, 2.75) is 33.2 Å². The molecule has 0 bridgehead atoms. The van der Waals surface area contributed by atoms with Gasteiger partial charge in [-0.15, -0.1) is 24.0 Å². The van der Waals surface area contributed by atoms with Gasteiger partial charge in [0, 0.05) is 48.3 Å². The third-order valence-electron chi connectivity index (χ3n) is 4.27. The highest BCUT2D eigenvalue weighted by Gasteiger charge is 2.23. The number of rotatable bonds is 7. The zero-order chi connectivity index (χ0) is 18.9. The molecule has 0 spiro atoms. The summed E-state index contributed by atoms with van der Waals surface area (Å²) in [5.41, 5.74) is 1.25. The van der Waals surface area contributed by atoms with E-state index < -0.39 is 0 Å². The van der Waals surface area contributed by atoms with E-state index in [1.807, 2.05) is 13.8 Å². The lowest BCUT2D eigenvalue weighted by atomic mass is 10.2. The molecule has 1 aliphatic heterocycles. The fourth-order valence-corrected chi connectivity index (χ4v) is 3.09. The van der Waals surface area contributed by atoms with Gasteiger partial charge in [0.2, 0.25) is 5.91 Å². The number of anilines is 1. The number of aliphatic imine (C=N–C) groups is 1. The van der Waals surface area contributed by atoms with Crippen LogP contribution in [0.4, 0.5) is 5.69 Å². The van der Waals surface area contributed by atoms with Crippen molar-refractivity contribution in [3.63, 3.8) is 0 Å². The number of carbonyl (C=O) groups excluding carboxylic acids is 1. The van der Waals surface area contributed by atoms with E-state index in [9.17, 15) is 4.79 Å². The van der Waals surface area contributed by atoms with Crippen LogP contribution in [0, 0.1) is 5.92 Å². The molecule has 1 fully saturated rings. The van der Waals surface area contributed by atoms with Crippen molar-refractivity contribution in [1.29, 1.82) is 0 Å². The summed E-state index contributed by atoms with van der Waals surface area (Å²) in [5.74, 6) is 0.890. The second kappa shape index (κ2) is 12.4. The van der Waals surface area contributed by atoms with Gasteiger partial charge in [-0.3, -0.25) is 9.79 Å². The monoisotopic (exact) mass is 551 g/mol. The van der Waals surface area contributed by atoms with Crippen LogP contribution < -0.4 is 20.9 Å². The Bertz CT molecular complexity index is 609. The third-order valence-corrected chi connectivity index (χ3v) is 4.80. The van der Waals surface area contributed by atoms with Crippen LogP contribution >= 0.6 is 39.9 Å². The zero-order valence-electron chi connectivity index (χ0n) is 16.3. The third kappa shape index (κ3) is 8.25. The minimum absolute atomic E-state index is 0. The van der Waals surface area contributed by atoms with Gasteiger partial charge in [0.05, 0.1) is 6.54 Å². The molecule has 152 valence electrons. The number of guanidine groups is 1. The number of nitrogens with one attached hydrogen (secondary N) is 3. The molecule has 1 aromatic carbocycles. The quantitative estimate of drug-likeness (QED) is 0.211. The van der Waals surface area contributed by atoms with E-state index in [0.29, 0.717) is 19.1 Å². The number of amides is 1. The van der Waals surface area contributed by atoms with Crippen molar-refractivity contribution < 1.29 is 4.79 Å². The fraction of sp³-hybridized carbons (Fsp3) is 0.579. The molecule has 2 rings (SSSR count). The molecule has 3 N–H and O–H groups in total. The molecular weight excluding hydrogens is 521 g/mol. The Morgan fingerprint density at radius 1 is 1.30 bits per heavy atom. The standard InChI is InChI=1S/C19H30BrN5O.HI/c1-4-21-19(23-11-10-22-18(26)14(2)3)24-16-9-12-25(13-16)17-7-5-15(20)6-8-17;/h5-8,14,16H,4,9-13H2,1-3H3,(H,22,26)(H2,21,23,24);1H. The minimum Gasteiger partial charge on any atom is -0.369 e. The minimum atomic E-state index is 0. The molecule has 0 aliphatic carbocycles. The predicted molar refractivity (Wildman–Crippen MR) is 127 cm³/mol. The first-order valence-corrected chi connectivity index (χ1v) is 10.1. The molecule has 0 aromatic heterocycles. The van der Waals surface area contributed by atoms with Gasteiger partial charge in [0.1, 0.15) is 0 Å². The molecule has 6 nitrogen and oxygen atoms in total. The Balaban J connectivity index is 0.00000364. The summed E-state index contributed by atoms with van der Waals surface area (Å²) in [6.07, 6.45) is 1.07. The van der Waals surface area contributed by atoms with E-state index in [2.05, 4.69) is 73.0 Å². The van der Waals surface area contributed by atoms with Crippen LogP contribution in [-0.4, -0.2) is 50.6 Å². The van der Waals surface area contributed by atoms with Gasteiger partial charge >= 0.3 is 0 Å². The molecule has 0 saturated carbocycles. The summed E-state index contributed by atoms with van der Waals surface area (Å²) in [6.45, 7) is 9.76. The van der Waals surface area contributed by atoms with Crippen molar-refractivity contribution >= 4 is 57.5 Å². The maximum Gasteiger partial charge on any atom is 0.222 e. The molecule has 27 heavy (non-hydrogen) atoms. The summed E-state index contributed by atoms with van der Waals surface area (Å²) in [6, 6.07) is 8.80. The van der Waals surface area contributed by atoms with E-state index in [4.69, 9.17) is 0 Å². The summed E-state index contributed by atoms with van der Waals surface area (Å²) in [7, 11) is 0.